The predicted octanol–water partition coefficient (Wildman–Crippen LogP) is 2.72. The Labute approximate surface area is 64.6 Å². The molecule has 0 amide bonds. The van der Waals surface area contributed by atoms with Crippen LogP contribution in [0.4, 0.5) is 4.39 Å². The first kappa shape index (κ1) is 4.45. The van der Waals surface area contributed by atoms with Crippen molar-refractivity contribution in [3.63, 3.8) is 0 Å². The molecular formula is C7H6BrF. The van der Waals surface area contributed by atoms with Gasteiger partial charge in [0, 0.05) is 5.33 Å². The first-order valence-electron chi connectivity index (χ1n) is 3.46. The monoisotopic (exact) mass is 190 g/mol. The van der Waals surface area contributed by atoms with E-state index in [0.717, 1.165) is 6.07 Å². The van der Waals surface area contributed by atoms with Gasteiger partial charge in [-0.05, 0) is 11.6 Å². The van der Waals surface area contributed by atoms with E-state index >= 15 is 0 Å². The third kappa shape index (κ3) is 1.52. The summed E-state index contributed by atoms with van der Waals surface area (Å²) in [5.74, 6) is -0.487. The van der Waals surface area contributed by atoms with Crippen molar-refractivity contribution in [1.29, 1.82) is 0 Å². The van der Waals surface area contributed by atoms with Crippen LogP contribution >= 0.6 is 15.9 Å². The predicted molar refractivity (Wildman–Crippen MR) is 39.0 cm³/mol. The zero-order valence-corrected chi connectivity index (χ0v) is 6.20. The SMILES string of the molecule is [2H]c1cc([2H])c(CBr)c(F)c1. The van der Waals surface area contributed by atoms with Crippen molar-refractivity contribution in [3.05, 3.63) is 35.6 Å². The molecule has 9 heavy (non-hydrogen) atoms. The van der Waals surface area contributed by atoms with E-state index in [0.29, 0.717) is 10.9 Å². The summed E-state index contributed by atoms with van der Waals surface area (Å²) in [6.07, 6.45) is 0. The lowest BCUT2D eigenvalue weighted by atomic mass is 10.2. The molecule has 0 saturated carbocycles. The average molecular weight is 191 g/mol. The fraction of sp³-hybridized carbons (Fsp3) is 0.143. The van der Waals surface area contributed by atoms with Crippen molar-refractivity contribution < 1.29 is 7.13 Å². The smallest absolute Gasteiger partial charge is 0.127 e. The molecule has 0 atom stereocenters. The number of hydrogen-bond donors (Lipinski definition) is 0. The molecule has 0 aliphatic carbocycles. The molecule has 1 rings (SSSR count). The summed E-state index contributed by atoms with van der Waals surface area (Å²) in [5, 5.41) is 0.317. The number of rotatable bonds is 1. The van der Waals surface area contributed by atoms with Crippen LogP contribution in [-0.4, -0.2) is 0 Å². The van der Waals surface area contributed by atoms with E-state index in [2.05, 4.69) is 15.9 Å². The van der Waals surface area contributed by atoms with Crippen molar-refractivity contribution in [1.82, 2.24) is 0 Å². The Kier molecular flexibility index (Phi) is 1.47. The number of hydrogen-bond acceptors (Lipinski definition) is 0. The summed E-state index contributed by atoms with van der Waals surface area (Å²) in [6, 6.07) is 2.54. The molecule has 0 spiro atoms. The Bertz CT molecular complexity index is 252. The van der Waals surface area contributed by atoms with Crippen LogP contribution < -0.4 is 0 Å². The third-order valence-corrected chi connectivity index (χ3v) is 1.52. The van der Waals surface area contributed by atoms with Gasteiger partial charge in [0.15, 0.2) is 0 Å². The van der Waals surface area contributed by atoms with Gasteiger partial charge >= 0.3 is 0 Å². The lowest BCUT2D eigenvalue weighted by molar-refractivity contribution is 0.618. The molecule has 1 aromatic rings. The van der Waals surface area contributed by atoms with Gasteiger partial charge in [0.1, 0.15) is 5.82 Å². The zero-order chi connectivity index (χ0) is 8.43. The van der Waals surface area contributed by atoms with Crippen LogP contribution in [0.15, 0.2) is 24.2 Å². The molecule has 0 N–H and O–H groups in total. The molecule has 0 nitrogen and oxygen atoms in total. The van der Waals surface area contributed by atoms with Gasteiger partial charge in [-0.25, -0.2) is 4.39 Å². The minimum atomic E-state index is -0.487. The molecule has 0 aliphatic rings. The van der Waals surface area contributed by atoms with Gasteiger partial charge in [-0.3, -0.25) is 0 Å². The molecule has 0 fully saturated rings. The van der Waals surface area contributed by atoms with Crippen LogP contribution in [0.2, 0.25) is 0 Å². The first-order valence-corrected chi connectivity index (χ1v) is 3.59. The molecule has 0 aromatic heterocycles. The van der Waals surface area contributed by atoms with Crippen molar-refractivity contribution in [2.45, 2.75) is 5.33 Å². The average Bonchev–Trinajstić information content (AvgIpc) is 1.85. The van der Waals surface area contributed by atoms with Crippen LogP contribution in [0, 0.1) is 5.82 Å². The quantitative estimate of drug-likeness (QED) is 0.598. The highest BCUT2D eigenvalue weighted by molar-refractivity contribution is 9.08. The van der Waals surface area contributed by atoms with E-state index in [4.69, 9.17) is 2.74 Å². The highest BCUT2D eigenvalue weighted by Gasteiger charge is 1.94. The van der Waals surface area contributed by atoms with E-state index in [1.54, 1.807) is 0 Å². The largest absolute Gasteiger partial charge is 0.207 e. The maximum absolute atomic E-state index is 12.8. The normalized spacial score (nSPS) is 12.7. The maximum atomic E-state index is 12.8. The number of alkyl halides is 1. The molecule has 0 unspecified atom stereocenters. The summed E-state index contributed by atoms with van der Waals surface area (Å²) < 4.78 is 27.2. The molecule has 0 saturated heterocycles. The third-order valence-electron chi connectivity index (χ3n) is 0.962. The van der Waals surface area contributed by atoms with Crippen LogP contribution in [0.3, 0.4) is 0 Å². The van der Waals surface area contributed by atoms with Crippen LogP contribution in [-0.2, 0) is 5.33 Å². The minimum absolute atomic E-state index is 0.0391. The second-order valence-electron chi connectivity index (χ2n) is 1.56. The Morgan fingerprint density at radius 3 is 3.11 bits per heavy atom. The Morgan fingerprint density at radius 2 is 2.56 bits per heavy atom. The Morgan fingerprint density at radius 1 is 1.78 bits per heavy atom. The summed E-state index contributed by atoms with van der Waals surface area (Å²) in [7, 11) is 0. The van der Waals surface area contributed by atoms with Gasteiger partial charge in [0.05, 0.1) is 2.74 Å². The van der Waals surface area contributed by atoms with Gasteiger partial charge in [-0.2, -0.15) is 0 Å². The van der Waals surface area contributed by atoms with Crippen molar-refractivity contribution in [3.8, 4) is 0 Å². The molecular weight excluding hydrogens is 183 g/mol. The van der Waals surface area contributed by atoms with E-state index in [1.807, 2.05) is 0 Å². The zero-order valence-electron chi connectivity index (χ0n) is 6.62. The lowest BCUT2D eigenvalue weighted by Crippen LogP contribution is -1.81. The van der Waals surface area contributed by atoms with Gasteiger partial charge in [-0.1, -0.05) is 34.1 Å². The van der Waals surface area contributed by atoms with E-state index < -0.39 is 5.82 Å². The summed E-state index contributed by atoms with van der Waals surface area (Å²) in [5.41, 5.74) is 0.306. The fourth-order valence-corrected chi connectivity index (χ4v) is 0.932. The molecule has 0 bridgehead atoms. The molecule has 0 radical (unpaired) electrons. The highest BCUT2D eigenvalue weighted by Crippen LogP contribution is 2.09. The highest BCUT2D eigenvalue weighted by atomic mass is 79.9. The molecule has 0 aliphatic heterocycles. The van der Waals surface area contributed by atoms with Gasteiger partial charge in [0.2, 0.25) is 0 Å². The topological polar surface area (TPSA) is 0 Å². The van der Waals surface area contributed by atoms with Gasteiger partial charge in [0.25, 0.3) is 0 Å². The summed E-state index contributed by atoms with van der Waals surface area (Å²) in [4.78, 5) is 0. The standard InChI is InChI=1S/C7H6BrF/c8-5-6-3-1-2-4-7(6)9/h1-4H,5H2/i2D,3D. The second-order valence-corrected chi connectivity index (χ2v) is 2.12. The van der Waals surface area contributed by atoms with Crippen molar-refractivity contribution in [2.24, 2.45) is 0 Å². The van der Waals surface area contributed by atoms with E-state index in [1.165, 1.54) is 6.07 Å². The molecule has 0 heterocycles. The minimum Gasteiger partial charge on any atom is -0.207 e. The molecule has 48 valence electrons. The van der Waals surface area contributed by atoms with Gasteiger partial charge in [-0.15, -0.1) is 0 Å². The Balaban J connectivity index is 3.25. The van der Waals surface area contributed by atoms with Crippen LogP contribution in [0.1, 0.15) is 8.30 Å². The van der Waals surface area contributed by atoms with Crippen molar-refractivity contribution >= 4 is 15.9 Å². The lowest BCUT2D eigenvalue weighted by Gasteiger charge is -1.93. The second kappa shape index (κ2) is 2.97. The molecule has 2 heteroatoms. The van der Waals surface area contributed by atoms with Gasteiger partial charge < -0.3 is 0 Å². The van der Waals surface area contributed by atoms with Crippen LogP contribution in [0.25, 0.3) is 0 Å². The molecule has 1 aromatic carbocycles. The maximum Gasteiger partial charge on any atom is 0.127 e. The number of benzene rings is 1. The van der Waals surface area contributed by atoms with E-state index in [-0.39, 0.29) is 12.1 Å². The van der Waals surface area contributed by atoms with Crippen LogP contribution in [0.5, 0.6) is 0 Å². The summed E-state index contributed by atoms with van der Waals surface area (Å²) in [6.45, 7) is 0. The van der Waals surface area contributed by atoms with Crippen molar-refractivity contribution in [2.75, 3.05) is 0 Å². The number of halogens is 2. The first-order chi connectivity index (χ1) is 5.15. The summed E-state index contributed by atoms with van der Waals surface area (Å²) >= 11 is 3.06. The fourth-order valence-electron chi connectivity index (χ4n) is 0.502. The van der Waals surface area contributed by atoms with E-state index in [9.17, 15) is 4.39 Å². The Hall–Kier alpha value is -0.370.